The van der Waals surface area contributed by atoms with Gasteiger partial charge in [-0.2, -0.15) is 13.2 Å². The van der Waals surface area contributed by atoms with Crippen molar-refractivity contribution >= 4 is 20.6 Å². The Kier molecular flexibility index (Phi) is 2.69. The summed E-state index contributed by atoms with van der Waals surface area (Å²) in [5.74, 6) is -0.265. The van der Waals surface area contributed by atoms with Gasteiger partial charge in [-0.15, -0.1) is 0 Å². The first-order chi connectivity index (χ1) is 7.73. The lowest BCUT2D eigenvalue weighted by Crippen LogP contribution is -2.23. The molecule has 9 heteroatoms. The smallest absolute Gasteiger partial charge is 0.479 e. The fraction of sp³-hybridized carbons (Fsp3) is 0.250. The zero-order chi connectivity index (χ0) is 12.8. The Labute approximate surface area is 96.8 Å². The zero-order valence-corrected chi connectivity index (χ0v) is 9.66. The molecule has 1 heterocycles. The quantitative estimate of drug-likeness (QED) is 0.783. The van der Waals surface area contributed by atoms with Gasteiger partial charge in [0.1, 0.15) is 5.75 Å². The molecule has 17 heavy (non-hydrogen) atoms. The first-order valence-corrected chi connectivity index (χ1v) is 7.00. The molecule has 1 aliphatic rings. The number of benzene rings is 1. The van der Waals surface area contributed by atoms with Crippen molar-refractivity contribution in [2.75, 3.05) is 5.94 Å². The van der Waals surface area contributed by atoms with Crippen LogP contribution < -0.4 is 4.74 Å². The summed E-state index contributed by atoms with van der Waals surface area (Å²) in [6.45, 7) is 0. The molecule has 2 rings (SSSR count). The molecule has 4 nitrogen and oxygen atoms in total. The number of alkyl halides is 3. The van der Waals surface area contributed by atoms with Crippen molar-refractivity contribution in [3.8, 4) is 5.75 Å². The fourth-order valence-electron chi connectivity index (χ4n) is 1.27. The lowest BCUT2D eigenvalue weighted by atomic mass is 10.3. The van der Waals surface area contributed by atoms with Gasteiger partial charge in [0.25, 0.3) is 9.84 Å². The van der Waals surface area contributed by atoms with Crippen LogP contribution in [0.2, 0.25) is 0 Å². The number of hydrogen-bond donors (Lipinski definition) is 0. The summed E-state index contributed by atoms with van der Waals surface area (Å²) in [7, 11) is -6.85. The lowest BCUT2D eigenvalue weighted by Gasteiger charge is -2.08. The number of halogens is 3. The van der Waals surface area contributed by atoms with Gasteiger partial charge in [0.2, 0.25) is 0 Å². The van der Waals surface area contributed by atoms with Crippen molar-refractivity contribution in [3.63, 3.8) is 0 Å². The van der Waals surface area contributed by atoms with E-state index in [0.717, 1.165) is 18.2 Å². The van der Waals surface area contributed by atoms with Crippen LogP contribution in [0.4, 0.5) is 13.2 Å². The summed E-state index contributed by atoms with van der Waals surface area (Å²) in [4.78, 5) is -0.714. The predicted molar refractivity (Wildman–Crippen MR) is 51.6 cm³/mol. The first-order valence-electron chi connectivity index (χ1n) is 4.20. The van der Waals surface area contributed by atoms with Crippen molar-refractivity contribution in [1.29, 1.82) is 0 Å². The molecule has 0 saturated carbocycles. The van der Waals surface area contributed by atoms with Crippen LogP contribution in [0.1, 0.15) is 0 Å². The average molecular weight is 286 g/mol. The van der Waals surface area contributed by atoms with E-state index in [4.69, 9.17) is 4.74 Å². The summed E-state index contributed by atoms with van der Waals surface area (Å²) < 4.78 is 75.0. The van der Waals surface area contributed by atoms with E-state index in [0.29, 0.717) is 0 Å². The van der Waals surface area contributed by atoms with Gasteiger partial charge in [-0.1, -0.05) is 0 Å². The molecule has 1 atom stereocenters. The molecule has 0 fully saturated rings. The van der Waals surface area contributed by atoms with Crippen LogP contribution >= 0.6 is 0 Å². The Balaban J connectivity index is 2.54. The van der Waals surface area contributed by atoms with Gasteiger partial charge in [-0.3, -0.25) is 4.21 Å². The molecule has 0 aromatic heterocycles. The molecular weight excluding hydrogens is 281 g/mol. The zero-order valence-electron chi connectivity index (χ0n) is 8.02. The third kappa shape index (κ3) is 1.93. The monoisotopic (exact) mass is 286 g/mol. The molecule has 0 radical (unpaired) electrons. The Hall–Kier alpha value is -1.09. The molecule has 0 unspecified atom stereocenters. The Morgan fingerprint density at radius 2 is 1.94 bits per heavy atom. The maximum absolute atomic E-state index is 12.3. The molecule has 1 aromatic rings. The first kappa shape index (κ1) is 12.4. The number of sulfone groups is 1. The van der Waals surface area contributed by atoms with Gasteiger partial charge in [0.15, 0.2) is 5.94 Å². The number of hydrogen-bond acceptors (Lipinski definition) is 4. The maximum atomic E-state index is 12.3. The highest BCUT2D eigenvalue weighted by Gasteiger charge is 2.47. The van der Waals surface area contributed by atoms with E-state index in [9.17, 15) is 25.8 Å². The number of ether oxygens (including phenoxy) is 1. The molecule has 0 aliphatic carbocycles. The average Bonchev–Trinajstić information content (AvgIpc) is 2.58. The SMILES string of the molecule is O=[S@@]1COc2cc(S(=O)(=O)C(F)(F)F)ccc21. The highest BCUT2D eigenvalue weighted by Crippen LogP contribution is 2.36. The minimum atomic E-state index is -5.39. The molecule has 0 N–H and O–H groups in total. The van der Waals surface area contributed by atoms with Crippen LogP contribution in [0.15, 0.2) is 28.0 Å². The molecule has 94 valence electrons. The normalized spacial score (nSPS) is 19.8. The molecule has 1 aliphatic heterocycles. The van der Waals surface area contributed by atoms with Crippen molar-refractivity contribution < 1.29 is 30.5 Å². The van der Waals surface area contributed by atoms with Crippen molar-refractivity contribution in [1.82, 2.24) is 0 Å². The second-order valence-electron chi connectivity index (χ2n) is 3.17. The number of rotatable bonds is 1. The van der Waals surface area contributed by atoms with Crippen molar-refractivity contribution in [2.45, 2.75) is 15.3 Å². The van der Waals surface area contributed by atoms with Gasteiger partial charge in [-0.25, -0.2) is 8.42 Å². The van der Waals surface area contributed by atoms with Crippen molar-refractivity contribution in [2.24, 2.45) is 0 Å². The van der Waals surface area contributed by atoms with Crippen LogP contribution in [0.5, 0.6) is 5.75 Å². The van der Waals surface area contributed by atoms with Crippen molar-refractivity contribution in [3.05, 3.63) is 18.2 Å². The molecular formula is C8H5F3O4S2. The third-order valence-electron chi connectivity index (χ3n) is 2.10. The van der Waals surface area contributed by atoms with Crippen LogP contribution in [0.25, 0.3) is 0 Å². The second kappa shape index (κ2) is 3.70. The van der Waals surface area contributed by atoms with E-state index >= 15 is 0 Å². The third-order valence-corrected chi connectivity index (χ3v) is 4.74. The Bertz CT molecular complexity index is 591. The van der Waals surface area contributed by atoms with Crippen LogP contribution in [0.3, 0.4) is 0 Å². The maximum Gasteiger partial charge on any atom is 0.501 e. The molecule has 0 bridgehead atoms. The predicted octanol–water partition coefficient (Wildman–Crippen LogP) is 1.44. The topological polar surface area (TPSA) is 60.4 Å². The molecule has 0 spiro atoms. The molecule has 0 saturated heterocycles. The second-order valence-corrected chi connectivity index (χ2v) is 6.47. The lowest BCUT2D eigenvalue weighted by molar-refractivity contribution is -0.0436. The highest BCUT2D eigenvalue weighted by molar-refractivity contribution is 7.92. The van der Waals surface area contributed by atoms with Crippen LogP contribution in [-0.2, 0) is 20.6 Å². The summed E-state index contributed by atoms with van der Waals surface area (Å²) in [6, 6.07) is 2.58. The van der Waals surface area contributed by atoms with E-state index in [1.165, 1.54) is 0 Å². The van der Waals surface area contributed by atoms with E-state index in [1.807, 2.05) is 0 Å². The Morgan fingerprint density at radius 1 is 1.29 bits per heavy atom. The van der Waals surface area contributed by atoms with Crippen LogP contribution in [-0.4, -0.2) is 24.1 Å². The summed E-state index contributed by atoms with van der Waals surface area (Å²) in [5, 5.41) is 0. The number of fused-ring (bicyclic) bond motifs is 1. The van der Waals surface area contributed by atoms with Gasteiger partial charge >= 0.3 is 5.51 Å². The van der Waals surface area contributed by atoms with Gasteiger partial charge in [-0.05, 0) is 12.1 Å². The van der Waals surface area contributed by atoms with E-state index in [-0.39, 0.29) is 16.6 Å². The minimum Gasteiger partial charge on any atom is -0.479 e. The summed E-state index contributed by atoms with van der Waals surface area (Å²) in [6.07, 6.45) is 0. The largest absolute Gasteiger partial charge is 0.501 e. The van der Waals surface area contributed by atoms with Gasteiger partial charge in [0.05, 0.1) is 20.6 Å². The Morgan fingerprint density at radius 3 is 2.53 bits per heavy atom. The standard InChI is InChI=1S/C8H5F3O4S2/c9-8(10,11)17(13,14)5-1-2-7-6(3-5)15-4-16(7)12/h1-3H,4H2/t16-/m1/s1. The summed E-state index contributed by atoms with van der Waals surface area (Å²) in [5.41, 5.74) is -5.36. The van der Waals surface area contributed by atoms with E-state index in [1.54, 1.807) is 0 Å². The van der Waals surface area contributed by atoms with E-state index < -0.39 is 31.0 Å². The van der Waals surface area contributed by atoms with Crippen LogP contribution in [0, 0.1) is 0 Å². The van der Waals surface area contributed by atoms with Gasteiger partial charge in [0, 0.05) is 6.07 Å². The highest BCUT2D eigenvalue weighted by atomic mass is 32.2. The van der Waals surface area contributed by atoms with E-state index in [2.05, 4.69) is 0 Å². The fourth-order valence-corrected chi connectivity index (χ4v) is 2.97. The molecule has 0 amide bonds. The summed E-state index contributed by atoms with van der Waals surface area (Å²) >= 11 is 0. The molecule has 1 aromatic carbocycles. The van der Waals surface area contributed by atoms with Gasteiger partial charge < -0.3 is 4.74 Å². The minimum absolute atomic E-state index is 0.0892.